The fraction of sp³-hybridized carbons (Fsp3) is 0.469. The minimum absolute atomic E-state index is 0. The van der Waals surface area contributed by atoms with E-state index in [0.29, 0.717) is 28.6 Å². The minimum Gasteiger partial charge on any atom is -1.00 e. The molecule has 222 valence electrons. The number of pyridine rings is 1. The predicted octanol–water partition coefficient (Wildman–Crippen LogP) is 0.603. The third kappa shape index (κ3) is 9.59. The van der Waals surface area contributed by atoms with Crippen molar-refractivity contribution >= 4 is 28.4 Å². The number of benzene rings is 2. The monoisotopic (exact) mass is 685 g/mol. The Balaban J connectivity index is 0.00000400. The summed E-state index contributed by atoms with van der Waals surface area (Å²) in [6.45, 7) is 14.0. The Morgan fingerprint density at radius 2 is 1.55 bits per heavy atom. The van der Waals surface area contributed by atoms with Crippen molar-refractivity contribution in [2.24, 2.45) is 0 Å². The molecular formula is C32H44Br2F3N3. The molecule has 3 rings (SSSR count). The van der Waals surface area contributed by atoms with E-state index in [1.54, 1.807) is 35.0 Å². The zero-order chi connectivity index (χ0) is 27.5. The lowest BCUT2D eigenvalue weighted by Gasteiger charge is -2.26. The SMILES string of the molecule is CCCCN(CCCC)c1ccc2c(/C=C(\F)c3cc[n+](CCC[NH+](CC)CC)cc3F)cccc2c1F.[Br-].[Br-]. The lowest BCUT2D eigenvalue weighted by Crippen LogP contribution is -3.11. The van der Waals surface area contributed by atoms with Gasteiger partial charge in [-0.2, -0.15) is 4.39 Å². The van der Waals surface area contributed by atoms with Crippen LogP contribution in [0.15, 0.2) is 48.8 Å². The van der Waals surface area contributed by atoms with E-state index >= 15 is 8.78 Å². The number of aromatic nitrogens is 1. The maximum absolute atomic E-state index is 15.7. The van der Waals surface area contributed by atoms with Crippen LogP contribution in [0.2, 0.25) is 0 Å². The second-order valence-corrected chi connectivity index (χ2v) is 10.0. The van der Waals surface area contributed by atoms with Gasteiger partial charge in [0, 0.05) is 24.5 Å². The maximum Gasteiger partial charge on any atom is 0.205 e. The zero-order valence-electron chi connectivity index (χ0n) is 24.3. The second kappa shape index (κ2) is 18.5. The average Bonchev–Trinajstić information content (AvgIpc) is 2.92. The van der Waals surface area contributed by atoms with Gasteiger partial charge >= 0.3 is 0 Å². The smallest absolute Gasteiger partial charge is 0.205 e. The number of aryl methyl sites for hydroxylation is 1. The van der Waals surface area contributed by atoms with E-state index in [2.05, 4.69) is 32.6 Å². The largest absolute Gasteiger partial charge is 1.00 e. The van der Waals surface area contributed by atoms with Crippen molar-refractivity contribution in [3.63, 3.8) is 0 Å². The third-order valence-corrected chi connectivity index (χ3v) is 7.37. The lowest BCUT2D eigenvalue weighted by atomic mass is 10.0. The van der Waals surface area contributed by atoms with E-state index < -0.39 is 11.6 Å². The number of hydrogen-bond donors (Lipinski definition) is 1. The standard InChI is InChI=1S/C32H43F3N3.2BrH/c1-5-9-20-38(21-10-6-2)31-16-15-26-25(13-11-14-27(26)32(31)35)23-29(33)28-17-22-37(24-30(28)34)19-12-18-36(7-3)8-4;;/h11,13-17,22-24H,5-10,12,18-21H2,1-4H3;2*1H/q+1;;/p-1/b29-23-;;. The van der Waals surface area contributed by atoms with Gasteiger partial charge in [-0.3, -0.25) is 0 Å². The second-order valence-electron chi connectivity index (χ2n) is 10.0. The Labute approximate surface area is 259 Å². The summed E-state index contributed by atoms with van der Waals surface area (Å²) in [6.07, 6.45) is 9.38. The Bertz CT molecular complexity index is 1210. The molecule has 3 aromatic rings. The van der Waals surface area contributed by atoms with Gasteiger partial charge in [0.1, 0.15) is 5.83 Å². The van der Waals surface area contributed by atoms with Gasteiger partial charge in [0.05, 0.1) is 37.3 Å². The fourth-order valence-electron chi connectivity index (χ4n) is 4.92. The molecule has 0 bridgehead atoms. The van der Waals surface area contributed by atoms with Crippen molar-refractivity contribution in [3.05, 3.63) is 71.6 Å². The van der Waals surface area contributed by atoms with Crippen LogP contribution in [-0.4, -0.2) is 32.7 Å². The van der Waals surface area contributed by atoms with Crippen LogP contribution in [-0.2, 0) is 6.54 Å². The van der Waals surface area contributed by atoms with Gasteiger partial charge in [-0.15, -0.1) is 0 Å². The van der Waals surface area contributed by atoms with E-state index in [4.69, 9.17) is 0 Å². The molecule has 0 radical (unpaired) electrons. The molecule has 0 aliphatic carbocycles. The number of fused-ring (bicyclic) bond motifs is 1. The summed E-state index contributed by atoms with van der Waals surface area (Å²) in [7, 11) is 0. The summed E-state index contributed by atoms with van der Waals surface area (Å²) in [5.74, 6) is -1.57. The van der Waals surface area contributed by atoms with Crippen LogP contribution in [0, 0.1) is 11.6 Å². The first kappa shape index (κ1) is 36.1. The average molecular weight is 688 g/mol. The highest BCUT2D eigenvalue weighted by Crippen LogP contribution is 2.32. The highest BCUT2D eigenvalue weighted by atomic mass is 79.9. The first-order chi connectivity index (χ1) is 18.4. The molecule has 0 unspecified atom stereocenters. The normalized spacial score (nSPS) is 11.4. The van der Waals surface area contributed by atoms with Crippen LogP contribution in [0.1, 0.15) is 70.9 Å². The number of unbranched alkanes of at least 4 members (excludes halogenated alkanes) is 2. The van der Waals surface area contributed by atoms with Gasteiger partial charge in [-0.1, -0.05) is 51.0 Å². The lowest BCUT2D eigenvalue weighted by molar-refractivity contribution is -0.899. The van der Waals surface area contributed by atoms with Crippen molar-refractivity contribution in [1.82, 2.24) is 0 Å². The van der Waals surface area contributed by atoms with Crippen LogP contribution in [0.5, 0.6) is 0 Å². The zero-order valence-corrected chi connectivity index (χ0v) is 27.4. The quantitative estimate of drug-likeness (QED) is 0.231. The molecular weight excluding hydrogens is 643 g/mol. The summed E-state index contributed by atoms with van der Waals surface area (Å²) in [5, 5.41) is 1.06. The maximum atomic E-state index is 15.7. The van der Waals surface area contributed by atoms with Crippen molar-refractivity contribution in [1.29, 1.82) is 0 Å². The topological polar surface area (TPSA) is 11.6 Å². The highest BCUT2D eigenvalue weighted by Gasteiger charge is 2.17. The van der Waals surface area contributed by atoms with Crippen LogP contribution in [0.25, 0.3) is 22.7 Å². The number of quaternary nitrogens is 1. The molecule has 1 heterocycles. The van der Waals surface area contributed by atoms with Crippen molar-refractivity contribution < 1.29 is 56.6 Å². The summed E-state index contributed by atoms with van der Waals surface area (Å²) in [5.41, 5.74) is 1.02. The molecule has 0 amide bonds. The van der Waals surface area contributed by atoms with Crippen LogP contribution < -0.4 is 48.3 Å². The van der Waals surface area contributed by atoms with E-state index in [-0.39, 0.29) is 45.3 Å². The van der Waals surface area contributed by atoms with Crippen LogP contribution in [0.3, 0.4) is 0 Å². The van der Waals surface area contributed by atoms with Crippen LogP contribution in [0.4, 0.5) is 18.9 Å². The summed E-state index contributed by atoms with van der Waals surface area (Å²) >= 11 is 0. The fourth-order valence-corrected chi connectivity index (χ4v) is 4.92. The molecule has 0 aliphatic rings. The number of hydrogen-bond acceptors (Lipinski definition) is 1. The molecule has 1 aromatic heterocycles. The van der Waals surface area contributed by atoms with E-state index in [1.165, 1.54) is 23.2 Å². The first-order valence-corrected chi connectivity index (χ1v) is 14.3. The van der Waals surface area contributed by atoms with E-state index in [9.17, 15) is 4.39 Å². The summed E-state index contributed by atoms with van der Waals surface area (Å²) < 4.78 is 47.6. The number of rotatable bonds is 15. The molecule has 0 fully saturated rings. The molecule has 8 heteroatoms. The van der Waals surface area contributed by atoms with Crippen LogP contribution >= 0.6 is 0 Å². The molecule has 0 saturated heterocycles. The van der Waals surface area contributed by atoms with Crippen molar-refractivity contribution in [3.8, 4) is 0 Å². The molecule has 2 aromatic carbocycles. The first-order valence-electron chi connectivity index (χ1n) is 14.3. The van der Waals surface area contributed by atoms with Gasteiger partial charge < -0.3 is 43.8 Å². The number of halogens is 5. The molecule has 1 N–H and O–H groups in total. The Hall–Kier alpha value is -1.90. The van der Waals surface area contributed by atoms with Gasteiger partial charge in [0.15, 0.2) is 24.4 Å². The third-order valence-electron chi connectivity index (χ3n) is 7.37. The van der Waals surface area contributed by atoms with Gasteiger partial charge in [0.25, 0.3) is 0 Å². The number of nitrogens with one attached hydrogen (secondary N) is 1. The van der Waals surface area contributed by atoms with Crippen molar-refractivity contribution in [2.45, 2.75) is 66.3 Å². The predicted molar refractivity (Wildman–Crippen MR) is 153 cm³/mol. The molecule has 0 aliphatic heterocycles. The molecule has 0 saturated carbocycles. The number of anilines is 1. The molecule has 40 heavy (non-hydrogen) atoms. The number of nitrogens with zero attached hydrogens (tertiary/aromatic N) is 2. The molecule has 3 nitrogen and oxygen atoms in total. The van der Waals surface area contributed by atoms with Gasteiger partial charge in [-0.05, 0) is 49.8 Å². The Morgan fingerprint density at radius 3 is 2.15 bits per heavy atom. The Morgan fingerprint density at radius 1 is 0.875 bits per heavy atom. The van der Waals surface area contributed by atoms with Crippen molar-refractivity contribution in [2.75, 3.05) is 37.6 Å². The summed E-state index contributed by atoms with van der Waals surface area (Å²) in [6, 6.07) is 10.3. The van der Waals surface area contributed by atoms with E-state index in [1.807, 2.05) is 6.07 Å². The van der Waals surface area contributed by atoms with Gasteiger partial charge in [-0.25, -0.2) is 13.3 Å². The Kier molecular flexibility index (Phi) is 16.7. The summed E-state index contributed by atoms with van der Waals surface area (Å²) in [4.78, 5) is 3.62. The van der Waals surface area contributed by atoms with Gasteiger partial charge in [0.2, 0.25) is 6.20 Å². The minimum atomic E-state index is -0.674. The highest BCUT2D eigenvalue weighted by molar-refractivity contribution is 5.96. The van der Waals surface area contributed by atoms with E-state index in [0.717, 1.165) is 64.8 Å². The molecule has 0 spiro atoms. The molecule has 0 atom stereocenters.